The van der Waals surface area contributed by atoms with Gasteiger partial charge >= 0.3 is 0 Å². The molecule has 0 saturated heterocycles. The molecule has 0 spiro atoms. The molecule has 0 aliphatic carbocycles. The first kappa shape index (κ1) is 12.7. The number of hydrazine groups is 1. The van der Waals surface area contributed by atoms with Crippen molar-refractivity contribution in [3.8, 4) is 0 Å². The predicted octanol–water partition coefficient (Wildman–Crippen LogP) is 3.51. The summed E-state index contributed by atoms with van der Waals surface area (Å²) in [5.74, 6) is 5.35. The lowest BCUT2D eigenvalue weighted by atomic mass is 10.0. The number of hydrogen-bond acceptors (Lipinski definition) is 3. The molecule has 0 bridgehead atoms. The Balaban J connectivity index is 2.46. The largest absolute Gasteiger partial charge is 0.271 e. The number of thiophene rings is 1. The number of halogens is 2. The number of nitrogens with two attached hydrogens (primary N) is 1. The molecular formula is C12H12BrFN2S. The van der Waals surface area contributed by atoms with Crippen molar-refractivity contribution >= 4 is 27.3 Å². The molecule has 1 atom stereocenters. The normalized spacial score (nSPS) is 12.7. The maximum Gasteiger partial charge on any atom is 0.124 e. The highest BCUT2D eigenvalue weighted by Crippen LogP contribution is 2.33. The summed E-state index contributed by atoms with van der Waals surface area (Å²) in [6, 6.07) is 6.55. The fourth-order valence-electron chi connectivity index (χ4n) is 1.72. The van der Waals surface area contributed by atoms with E-state index >= 15 is 0 Å². The van der Waals surface area contributed by atoms with Crippen molar-refractivity contribution in [1.82, 2.24) is 5.43 Å². The van der Waals surface area contributed by atoms with Gasteiger partial charge in [-0.15, -0.1) is 11.3 Å². The number of benzene rings is 1. The fraction of sp³-hybridized carbons (Fsp3) is 0.167. The first-order valence-corrected chi connectivity index (χ1v) is 6.76. The average molecular weight is 315 g/mol. The van der Waals surface area contributed by atoms with Crippen LogP contribution >= 0.6 is 27.3 Å². The second-order valence-electron chi connectivity index (χ2n) is 3.73. The lowest BCUT2D eigenvalue weighted by Crippen LogP contribution is -2.29. The summed E-state index contributed by atoms with van der Waals surface area (Å²) in [7, 11) is 0. The Labute approximate surface area is 112 Å². The summed E-state index contributed by atoms with van der Waals surface area (Å²) in [4.78, 5) is 1.14. The molecule has 1 heterocycles. The third-order valence-corrected chi connectivity index (χ3v) is 4.37. The summed E-state index contributed by atoms with van der Waals surface area (Å²) in [5.41, 5.74) is 4.89. The molecule has 1 aromatic heterocycles. The molecule has 0 aliphatic rings. The van der Waals surface area contributed by atoms with Gasteiger partial charge in [-0.05, 0) is 41.6 Å². The topological polar surface area (TPSA) is 38.0 Å². The van der Waals surface area contributed by atoms with Crippen molar-refractivity contribution in [2.45, 2.75) is 13.0 Å². The van der Waals surface area contributed by atoms with Crippen LogP contribution in [0.5, 0.6) is 0 Å². The van der Waals surface area contributed by atoms with Gasteiger partial charge in [-0.3, -0.25) is 5.84 Å². The molecule has 2 rings (SSSR count). The van der Waals surface area contributed by atoms with Crippen molar-refractivity contribution < 1.29 is 4.39 Å². The van der Waals surface area contributed by atoms with Crippen LogP contribution in [-0.2, 0) is 0 Å². The van der Waals surface area contributed by atoms with Crippen molar-refractivity contribution in [2.24, 2.45) is 5.84 Å². The van der Waals surface area contributed by atoms with Crippen LogP contribution < -0.4 is 11.3 Å². The van der Waals surface area contributed by atoms with Crippen LogP contribution in [-0.4, -0.2) is 0 Å². The minimum Gasteiger partial charge on any atom is -0.271 e. The highest BCUT2D eigenvalue weighted by Gasteiger charge is 2.18. The Bertz CT molecular complexity index is 527. The van der Waals surface area contributed by atoms with E-state index in [9.17, 15) is 4.39 Å². The zero-order valence-electron chi connectivity index (χ0n) is 9.21. The van der Waals surface area contributed by atoms with E-state index in [1.165, 1.54) is 17.7 Å². The van der Waals surface area contributed by atoms with Crippen molar-refractivity contribution in [3.63, 3.8) is 0 Å². The van der Waals surface area contributed by atoms with Crippen LogP contribution in [0.1, 0.15) is 22.0 Å². The minimum absolute atomic E-state index is 0.120. The molecule has 2 aromatic rings. The van der Waals surface area contributed by atoms with Crippen LogP contribution in [0.4, 0.5) is 4.39 Å². The standard InChI is InChI=1S/C12H12BrFN2S/c1-7-4-5-17-12(7)11(16-15)9-3-2-8(14)6-10(9)13/h2-6,11,16H,15H2,1H3. The van der Waals surface area contributed by atoms with E-state index in [0.29, 0.717) is 4.47 Å². The summed E-state index contributed by atoms with van der Waals surface area (Å²) in [6.45, 7) is 2.04. The van der Waals surface area contributed by atoms with E-state index in [-0.39, 0.29) is 11.9 Å². The Morgan fingerprint density at radius 1 is 1.41 bits per heavy atom. The minimum atomic E-state index is -0.265. The van der Waals surface area contributed by atoms with Crippen LogP contribution in [0, 0.1) is 12.7 Å². The fourth-order valence-corrected chi connectivity index (χ4v) is 3.31. The number of rotatable bonds is 3. The molecule has 3 N–H and O–H groups in total. The molecule has 5 heteroatoms. The predicted molar refractivity (Wildman–Crippen MR) is 72.3 cm³/mol. The lowest BCUT2D eigenvalue weighted by molar-refractivity contribution is 0.615. The Morgan fingerprint density at radius 2 is 2.18 bits per heavy atom. The van der Waals surface area contributed by atoms with Crippen molar-refractivity contribution in [2.75, 3.05) is 0 Å². The Morgan fingerprint density at radius 3 is 2.71 bits per heavy atom. The van der Waals surface area contributed by atoms with Gasteiger partial charge in [0.1, 0.15) is 5.82 Å². The third-order valence-electron chi connectivity index (χ3n) is 2.60. The smallest absolute Gasteiger partial charge is 0.124 e. The lowest BCUT2D eigenvalue weighted by Gasteiger charge is -2.17. The maximum absolute atomic E-state index is 13.1. The van der Waals surface area contributed by atoms with Gasteiger partial charge in [-0.1, -0.05) is 22.0 Å². The third kappa shape index (κ3) is 2.57. The van der Waals surface area contributed by atoms with Crippen LogP contribution in [0.3, 0.4) is 0 Å². The molecule has 0 fully saturated rings. The van der Waals surface area contributed by atoms with Gasteiger partial charge in [-0.2, -0.15) is 0 Å². The van der Waals surface area contributed by atoms with E-state index in [1.54, 1.807) is 17.4 Å². The van der Waals surface area contributed by atoms with E-state index in [1.807, 2.05) is 18.4 Å². The monoisotopic (exact) mass is 314 g/mol. The first-order chi connectivity index (χ1) is 8.13. The van der Waals surface area contributed by atoms with E-state index in [0.717, 1.165) is 10.4 Å². The second kappa shape index (κ2) is 5.27. The molecule has 0 saturated carbocycles. The van der Waals surface area contributed by atoms with Crippen molar-refractivity contribution in [3.05, 3.63) is 55.9 Å². The van der Waals surface area contributed by atoms with Crippen LogP contribution in [0.15, 0.2) is 34.1 Å². The summed E-state index contributed by atoms with van der Waals surface area (Å²) in [6.07, 6.45) is 0. The van der Waals surface area contributed by atoms with Gasteiger partial charge in [-0.25, -0.2) is 9.82 Å². The Hall–Kier alpha value is -0.750. The molecule has 0 amide bonds. The van der Waals surface area contributed by atoms with Gasteiger partial charge in [0, 0.05) is 9.35 Å². The maximum atomic E-state index is 13.1. The highest BCUT2D eigenvalue weighted by atomic mass is 79.9. The molecule has 1 aromatic carbocycles. The first-order valence-electron chi connectivity index (χ1n) is 5.08. The number of aryl methyl sites for hydroxylation is 1. The van der Waals surface area contributed by atoms with Crippen LogP contribution in [0.2, 0.25) is 0 Å². The SMILES string of the molecule is Cc1ccsc1C(NN)c1ccc(F)cc1Br. The zero-order valence-corrected chi connectivity index (χ0v) is 11.6. The highest BCUT2D eigenvalue weighted by molar-refractivity contribution is 9.10. The average Bonchev–Trinajstić information content (AvgIpc) is 2.69. The molecule has 0 aliphatic heterocycles. The summed E-state index contributed by atoms with van der Waals surface area (Å²) >= 11 is 5.00. The summed E-state index contributed by atoms with van der Waals surface area (Å²) in [5, 5.41) is 2.02. The molecule has 1 unspecified atom stereocenters. The summed E-state index contributed by atoms with van der Waals surface area (Å²) < 4.78 is 13.8. The molecule has 0 radical (unpaired) electrons. The van der Waals surface area contributed by atoms with Gasteiger partial charge < -0.3 is 0 Å². The molecule has 2 nitrogen and oxygen atoms in total. The van der Waals surface area contributed by atoms with Crippen LogP contribution in [0.25, 0.3) is 0 Å². The van der Waals surface area contributed by atoms with Gasteiger partial charge in [0.05, 0.1) is 6.04 Å². The molecule has 17 heavy (non-hydrogen) atoms. The molecular weight excluding hydrogens is 303 g/mol. The van der Waals surface area contributed by atoms with E-state index < -0.39 is 0 Å². The van der Waals surface area contributed by atoms with E-state index in [4.69, 9.17) is 5.84 Å². The number of hydrogen-bond donors (Lipinski definition) is 2. The van der Waals surface area contributed by atoms with Gasteiger partial charge in [0.25, 0.3) is 0 Å². The zero-order chi connectivity index (χ0) is 12.4. The quantitative estimate of drug-likeness (QED) is 0.672. The number of nitrogens with one attached hydrogen (secondary N) is 1. The molecule has 90 valence electrons. The second-order valence-corrected chi connectivity index (χ2v) is 5.54. The Kier molecular flexibility index (Phi) is 3.93. The van der Waals surface area contributed by atoms with E-state index in [2.05, 4.69) is 21.4 Å². The van der Waals surface area contributed by atoms with Crippen molar-refractivity contribution in [1.29, 1.82) is 0 Å². The van der Waals surface area contributed by atoms with Gasteiger partial charge in [0.15, 0.2) is 0 Å². The van der Waals surface area contributed by atoms with Gasteiger partial charge in [0.2, 0.25) is 0 Å².